The number of aromatic nitrogens is 1. The van der Waals surface area contributed by atoms with Gasteiger partial charge in [0.15, 0.2) is 0 Å². The fourth-order valence-corrected chi connectivity index (χ4v) is 9.81. The molecule has 0 bridgehead atoms. The van der Waals surface area contributed by atoms with Gasteiger partial charge in [0.05, 0.1) is 11.0 Å². The predicted molar refractivity (Wildman–Crippen MR) is 253 cm³/mol. The van der Waals surface area contributed by atoms with Crippen molar-refractivity contribution in [3.63, 3.8) is 0 Å². The summed E-state index contributed by atoms with van der Waals surface area (Å²) in [7, 11) is 0. The molecule has 0 saturated heterocycles. The monoisotopic (exact) mass is 747 g/mol. The van der Waals surface area contributed by atoms with Crippen LogP contribution in [0.3, 0.4) is 0 Å². The standard InChI is InChI=1S/C58H37N/c1-3-18-39(19-4-1)55-48-29-11-13-31-50(48)56(51-32-14-12-30-49(51)55)43-23-16-21-41(36-43)40-20-15-22-42(35-40)52-37-54-58(47-28-10-9-27-46(47)52)57-45-26-8-7-17-38(45)33-34-53(57)59(54)44-24-5-2-6-25-44/h1-37H. The maximum Gasteiger partial charge on any atom is 0.0553 e. The highest BCUT2D eigenvalue weighted by Crippen LogP contribution is 2.46. The Morgan fingerprint density at radius 2 is 0.712 bits per heavy atom. The molecule has 1 heterocycles. The van der Waals surface area contributed by atoms with Gasteiger partial charge >= 0.3 is 0 Å². The SMILES string of the molecule is c1ccc(-c2c3ccccc3c(-c3cccc(-c4cccc(-c5cc6c(c7ccccc57)c5c7ccccc7ccc5n6-c5ccccc5)c4)c3)c3ccccc23)cc1. The smallest absolute Gasteiger partial charge is 0.0553 e. The Balaban J connectivity index is 1.07. The van der Waals surface area contributed by atoms with E-state index in [1.807, 2.05) is 0 Å². The van der Waals surface area contributed by atoms with E-state index in [1.54, 1.807) is 0 Å². The number of nitrogens with zero attached hydrogens (tertiary/aromatic N) is 1. The van der Waals surface area contributed by atoms with E-state index in [9.17, 15) is 0 Å². The average Bonchev–Trinajstić information content (AvgIpc) is 3.66. The van der Waals surface area contributed by atoms with Crippen molar-refractivity contribution < 1.29 is 0 Å². The van der Waals surface area contributed by atoms with Crippen LogP contribution in [0.1, 0.15) is 0 Å². The summed E-state index contributed by atoms with van der Waals surface area (Å²) in [6.07, 6.45) is 0. The zero-order valence-corrected chi connectivity index (χ0v) is 32.3. The molecule has 12 aromatic rings. The fraction of sp³-hybridized carbons (Fsp3) is 0. The lowest BCUT2D eigenvalue weighted by Gasteiger charge is -2.18. The van der Waals surface area contributed by atoms with Gasteiger partial charge in [0.25, 0.3) is 0 Å². The summed E-state index contributed by atoms with van der Waals surface area (Å²) in [4.78, 5) is 0. The number of para-hydroxylation sites is 1. The molecule has 1 aromatic heterocycles. The van der Waals surface area contributed by atoms with Crippen molar-refractivity contribution in [2.24, 2.45) is 0 Å². The maximum absolute atomic E-state index is 2.46. The Kier molecular flexibility index (Phi) is 7.61. The minimum Gasteiger partial charge on any atom is -0.309 e. The van der Waals surface area contributed by atoms with Crippen molar-refractivity contribution >= 4 is 64.9 Å². The molecule has 0 aliphatic carbocycles. The first-order valence-corrected chi connectivity index (χ1v) is 20.4. The molecule has 0 fully saturated rings. The highest BCUT2D eigenvalue weighted by atomic mass is 15.0. The van der Waals surface area contributed by atoms with Crippen molar-refractivity contribution in [1.29, 1.82) is 0 Å². The van der Waals surface area contributed by atoms with Crippen LogP contribution in [0.25, 0.3) is 115 Å². The zero-order chi connectivity index (χ0) is 38.9. The lowest BCUT2D eigenvalue weighted by Crippen LogP contribution is -1.94. The third-order valence-electron chi connectivity index (χ3n) is 12.3. The minimum absolute atomic E-state index is 1.16. The van der Waals surface area contributed by atoms with E-state index in [2.05, 4.69) is 229 Å². The van der Waals surface area contributed by atoms with E-state index in [0.29, 0.717) is 0 Å². The molecule has 0 saturated carbocycles. The van der Waals surface area contributed by atoms with Gasteiger partial charge in [-0.25, -0.2) is 0 Å². The molecule has 1 nitrogen and oxygen atoms in total. The maximum atomic E-state index is 2.46. The van der Waals surface area contributed by atoms with Gasteiger partial charge in [-0.1, -0.05) is 188 Å². The van der Waals surface area contributed by atoms with Crippen molar-refractivity contribution in [2.45, 2.75) is 0 Å². The van der Waals surface area contributed by atoms with E-state index in [-0.39, 0.29) is 0 Å². The first-order chi connectivity index (χ1) is 29.3. The second-order valence-electron chi connectivity index (χ2n) is 15.6. The van der Waals surface area contributed by atoms with Crippen LogP contribution in [0.5, 0.6) is 0 Å². The van der Waals surface area contributed by atoms with Crippen LogP contribution >= 0.6 is 0 Å². The van der Waals surface area contributed by atoms with Gasteiger partial charge in [-0.3, -0.25) is 0 Å². The van der Waals surface area contributed by atoms with Crippen LogP contribution in [-0.2, 0) is 0 Å². The van der Waals surface area contributed by atoms with Crippen LogP contribution in [0.4, 0.5) is 0 Å². The average molecular weight is 748 g/mol. The number of hydrogen-bond acceptors (Lipinski definition) is 0. The number of fused-ring (bicyclic) bond motifs is 9. The van der Waals surface area contributed by atoms with E-state index < -0.39 is 0 Å². The molecule has 0 unspecified atom stereocenters. The van der Waals surface area contributed by atoms with Crippen molar-refractivity contribution in [3.8, 4) is 50.2 Å². The van der Waals surface area contributed by atoms with E-state index in [0.717, 1.165) is 5.69 Å². The molecule has 59 heavy (non-hydrogen) atoms. The highest BCUT2D eigenvalue weighted by Gasteiger charge is 2.21. The second kappa shape index (κ2) is 13.4. The Labute approximate surface area is 342 Å². The second-order valence-corrected chi connectivity index (χ2v) is 15.6. The largest absolute Gasteiger partial charge is 0.309 e. The molecular formula is C58H37N. The molecule has 0 radical (unpaired) electrons. The Bertz CT molecular complexity index is 3540. The van der Waals surface area contributed by atoms with Gasteiger partial charge in [-0.05, 0) is 124 Å². The minimum atomic E-state index is 1.16. The Hall–Kier alpha value is -7.74. The van der Waals surface area contributed by atoms with Crippen LogP contribution in [-0.4, -0.2) is 4.57 Å². The number of hydrogen-bond donors (Lipinski definition) is 0. The molecule has 0 spiro atoms. The topological polar surface area (TPSA) is 4.93 Å². The molecule has 0 amide bonds. The summed E-state index contributed by atoms with van der Waals surface area (Å²) in [6.45, 7) is 0. The summed E-state index contributed by atoms with van der Waals surface area (Å²) in [5.41, 5.74) is 13.4. The predicted octanol–water partition coefficient (Wildman–Crippen LogP) is 16.1. The third-order valence-corrected chi connectivity index (χ3v) is 12.3. The van der Waals surface area contributed by atoms with Crippen LogP contribution in [0, 0.1) is 0 Å². The molecule has 274 valence electrons. The lowest BCUT2D eigenvalue weighted by atomic mass is 9.85. The van der Waals surface area contributed by atoms with Crippen molar-refractivity contribution in [1.82, 2.24) is 4.57 Å². The first kappa shape index (κ1) is 33.4. The van der Waals surface area contributed by atoms with Gasteiger partial charge in [0.1, 0.15) is 0 Å². The van der Waals surface area contributed by atoms with Gasteiger partial charge in [-0.2, -0.15) is 0 Å². The summed E-state index contributed by atoms with van der Waals surface area (Å²) < 4.78 is 2.46. The summed E-state index contributed by atoms with van der Waals surface area (Å²) in [6, 6.07) is 82.4. The molecule has 11 aromatic carbocycles. The first-order valence-electron chi connectivity index (χ1n) is 20.4. The van der Waals surface area contributed by atoms with Crippen LogP contribution in [0.15, 0.2) is 224 Å². The molecule has 0 aliphatic rings. The van der Waals surface area contributed by atoms with Gasteiger partial charge in [-0.15, -0.1) is 0 Å². The third kappa shape index (κ3) is 5.25. The van der Waals surface area contributed by atoms with Crippen molar-refractivity contribution in [3.05, 3.63) is 224 Å². The molecule has 0 aliphatic heterocycles. The van der Waals surface area contributed by atoms with E-state index in [1.165, 1.54) is 109 Å². The fourth-order valence-electron chi connectivity index (χ4n) is 9.81. The molecule has 1 heteroatoms. The summed E-state index contributed by atoms with van der Waals surface area (Å²) in [5.74, 6) is 0. The normalized spacial score (nSPS) is 11.7. The van der Waals surface area contributed by atoms with Crippen molar-refractivity contribution in [2.75, 3.05) is 0 Å². The molecular weight excluding hydrogens is 711 g/mol. The zero-order valence-electron chi connectivity index (χ0n) is 32.3. The van der Waals surface area contributed by atoms with Crippen LogP contribution < -0.4 is 0 Å². The Morgan fingerprint density at radius 3 is 1.37 bits per heavy atom. The summed E-state index contributed by atoms with van der Waals surface area (Å²) in [5, 5.41) is 12.7. The van der Waals surface area contributed by atoms with E-state index in [4.69, 9.17) is 0 Å². The summed E-state index contributed by atoms with van der Waals surface area (Å²) >= 11 is 0. The van der Waals surface area contributed by atoms with Gasteiger partial charge in [0, 0.05) is 16.5 Å². The van der Waals surface area contributed by atoms with Crippen LogP contribution in [0.2, 0.25) is 0 Å². The quantitative estimate of drug-likeness (QED) is 0.155. The van der Waals surface area contributed by atoms with Gasteiger partial charge in [0.2, 0.25) is 0 Å². The number of rotatable bonds is 5. The lowest BCUT2D eigenvalue weighted by molar-refractivity contribution is 1.18. The van der Waals surface area contributed by atoms with E-state index >= 15 is 0 Å². The molecule has 0 atom stereocenters. The molecule has 0 N–H and O–H groups in total. The van der Waals surface area contributed by atoms with Gasteiger partial charge < -0.3 is 4.57 Å². The number of benzene rings is 11. The highest BCUT2D eigenvalue weighted by molar-refractivity contribution is 6.30. The Morgan fingerprint density at radius 1 is 0.254 bits per heavy atom. The molecule has 12 rings (SSSR count).